The largest absolute Gasteiger partial charge is 0.486 e. The molecule has 1 fully saturated rings. The molecule has 1 N–H and O–H groups in total. The Morgan fingerprint density at radius 3 is 2.48 bits per heavy atom. The van der Waals surface area contributed by atoms with Gasteiger partial charge >= 0.3 is 5.91 Å². The molecule has 23 heavy (non-hydrogen) atoms. The lowest BCUT2D eigenvalue weighted by Crippen LogP contribution is -3.14. The number of amides is 1. The minimum Gasteiger partial charge on any atom is -0.486 e. The number of quaternary nitrogens is 1. The van der Waals surface area contributed by atoms with E-state index in [1.807, 2.05) is 0 Å². The first-order chi connectivity index (χ1) is 11.1. The van der Waals surface area contributed by atoms with Crippen LogP contribution >= 0.6 is 0 Å². The van der Waals surface area contributed by atoms with E-state index in [-0.39, 0.29) is 0 Å². The van der Waals surface area contributed by atoms with Crippen LogP contribution in [0, 0.1) is 5.92 Å². The van der Waals surface area contributed by atoms with Gasteiger partial charge in [-0.15, -0.1) is 0 Å². The lowest BCUT2D eigenvalue weighted by atomic mass is 10.00. The number of hydrogen-bond donors (Lipinski definition) is 1. The van der Waals surface area contributed by atoms with Crippen LogP contribution in [-0.2, 0) is 4.79 Å². The number of ketones is 1. The van der Waals surface area contributed by atoms with Crippen LogP contribution in [0.5, 0.6) is 11.5 Å². The average molecular weight is 317 g/mol. The van der Waals surface area contributed by atoms with E-state index in [1.165, 1.54) is 17.7 Å². The summed E-state index contributed by atoms with van der Waals surface area (Å²) < 4.78 is 11.1. The monoisotopic (exact) mass is 317 g/mol. The molecule has 122 valence electrons. The summed E-state index contributed by atoms with van der Waals surface area (Å²) >= 11 is 0. The second-order valence-corrected chi connectivity index (χ2v) is 6.67. The van der Waals surface area contributed by atoms with Crippen molar-refractivity contribution in [2.45, 2.75) is 19.8 Å². The molecule has 6 heteroatoms. The van der Waals surface area contributed by atoms with Crippen LogP contribution in [0.2, 0.25) is 0 Å². The van der Waals surface area contributed by atoms with E-state index in [0.717, 1.165) is 19.0 Å². The van der Waals surface area contributed by atoms with Crippen LogP contribution in [0.1, 0.15) is 30.1 Å². The molecule has 1 amide bonds. The first-order valence-corrected chi connectivity index (χ1v) is 8.27. The standard InChI is InChI=1S/C17H20N2O4/c1-11-2-4-18(5-3-11)10-19-13-9-15-14(22-6-7-23-15)8-12(13)16(20)17(19)21/h8-9,11H,2-7,10H2,1H3/p+1. The number of anilines is 1. The molecule has 3 heterocycles. The summed E-state index contributed by atoms with van der Waals surface area (Å²) in [7, 11) is 0. The molecule has 1 aromatic carbocycles. The molecule has 1 aromatic rings. The maximum absolute atomic E-state index is 12.4. The Labute approximate surface area is 134 Å². The molecule has 0 spiro atoms. The fraction of sp³-hybridized carbons (Fsp3) is 0.529. The summed E-state index contributed by atoms with van der Waals surface area (Å²) in [5.74, 6) is 1.04. The van der Waals surface area contributed by atoms with E-state index in [9.17, 15) is 9.59 Å². The first kappa shape index (κ1) is 14.5. The number of carbonyl (C=O) groups is 2. The molecule has 0 aliphatic carbocycles. The van der Waals surface area contributed by atoms with Crippen molar-refractivity contribution in [3.05, 3.63) is 17.7 Å². The van der Waals surface area contributed by atoms with E-state index in [4.69, 9.17) is 9.47 Å². The molecule has 0 aromatic heterocycles. The van der Waals surface area contributed by atoms with Crippen LogP contribution in [0.25, 0.3) is 0 Å². The average Bonchev–Trinajstić information content (AvgIpc) is 2.80. The summed E-state index contributed by atoms with van der Waals surface area (Å²) in [6, 6.07) is 3.43. The zero-order valence-corrected chi connectivity index (χ0v) is 13.3. The molecular weight excluding hydrogens is 296 g/mol. The minimum absolute atomic E-state index is 0.434. The van der Waals surface area contributed by atoms with Crippen molar-refractivity contribution >= 4 is 17.4 Å². The van der Waals surface area contributed by atoms with Crippen LogP contribution in [-0.4, -0.2) is 44.7 Å². The Kier molecular flexibility index (Phi) is 3.49. The number of likely N-dealkylation sites (tertiary alicyclic amines) is 1. The lowest BCUT2D eigenvalue weighted by Gasteiger charge is -2.30. The van der Waals surface area contributed by atoms with Crippen molar-refractivity contribution in [2.24, 2.45) is 5.92 Å². The Hall–Kier alpha value is -2.08. The van der Waals surface area contributed by atoms with E-state index >= 15 is 0 Å². The van der Waals surface area contributed by atoms with Crippen LogP contribution in [0.15, 0.2) is 12.1 Å². The molecule has 1 saturated heterocycles. The number of nitrogens with one attached hydrogen (secondary N) is 1. The highest BCUT2D eigenvalue weighted by molar-refractivity contribution is 6.52. The van der Waals surface area contributed by atoms with Crippen LogP contribution < -0.4 is 19.3 Å². The number of nitrogens with zero attached hydrogens (tertiary/aromatic N) is 1. The van der Waals surface area contributed by atoms with Gasteiger partial charge in [-0.2, -0.15) is 0 Å². The third kappa shape index (κ3) is 2.47. The van der Waals surface area contributed by atoms with E-state index in [2.05, 4.69) is 6.92 Å². The van der Waals surface area contributed by atoms with Gasteiger partial charge in [-0.1, -0.05) is 6.92 Å². The Morgan fingerprint density at radius 2 is 1.78 bits per heavy atom. The Bertz CT molecular complexity index is 665. The predicted octanol–water partition coefficient (Wildman–Crippen LogP) is 0.259. The predicted molar refractivity (Wildman–Crippen MR) is 83.2 cm³/mol. The molecule has 6 nitrogen and oxygen atoms in total. The van der Waals surface area contributed by atoms with E-state index in [0.29, 0.717) is 42.6 Å². The number of rotatable bonds is 2. The van der Waals surface area contributed by atoms with Crippen molar-refractivity contribution in [2.75, 3.05) is 37.9 Å². The summed E-state index contributed by atoms with van der Waals surface area (Å²) in [4.78, 5) is 27.7. The maximum Gasteiger partial charge on any atom is 0.303 e. The molecular formula is C17H21N2O4+. The zero-order chi connectivity index (χ0) is 16.0. The normalized spacial score (nSPS) is 26.4. The SMILES string of the molecule is CC1CC[NH+](CN2C(=O)C(=O)c3cc4c(cc32)OCCO4)CC1. The summed E-state index contributed by atoms with van der Waals surface area (Å²) in [5.41, 5.74) is 1.10. The third-order valence-corrected chi connectivity index (χ3v) is 5.00. The zero-order valence-electron chi connectivity index (χ0n) is 13.3. The fourth-order valence-corrected chi connectivity index (χ4v) is 3.54. The van der Waals surface area contributed by atoms with Crippen molar-refractivity contribution in [1.82, 2.24) is 0 Å². The van der Waals surface area contributed by atoms with Gasteiger partial charge in [-0.05, 0) is 24.8 Å². The van der Waals surface area contributed by atoms with Gasteiger partial charge in [0.2, 0.25) is 0 Å². The fourth-order valence-electron chi connectivity index (χ4n) is 3.54. The summed E-state index contributed by atoms with van der Waals surface area (Å²) in [6.45, 7) is 5.85. The topological polar surface area (TPSA) is 60.3 Å². The molecule has 3 aliphatic rings. The van der Waals surface area contributed by atoms with Crippen molar-refractivity contribution in [1.29, 1.82) is 0 Å². The van der Waals surface area contributed by atoms with Crippen LogP contribution in [0.4, 0.5) is 5.69 Å². The summed E-state index contributed by atoms with van der Waals surface area (Å²) in [5, 5.41) is 0. The molecule has 3 aliphatic heterocycles. The van der Waals surface area contributed by atoms with Gasteiger partial charge in [0.25, 0.3) is 5.78 Å². The molecule has 0 bridgehead atoms. The number of piperidine rings is 1. The van der Waals surface area contributed by atoms with Gasteiger partial charge in [0, 0.05) is 6.07 Å². The van der Waals surface area contributed by atoms with E-state index < -0.39 is 11.7 Å². The molecule has 0 unspecified atom stereocenters. The molecule has 4 rings (SSSR count). The maximum atomic E-state index is 12.4. The van der Waals surface area contributed by atoms with E-state index in [1.54, 1.807) is 17.0 Å². The van der Waals surface area contributed by atoms with Gasteiger partial charge in [0.15, 0.2) is 18.2 Å². The smallest absolute Gasteiger partial charge is 0.303 e. The number of ether oxygens (including phenoxy) is 2. The second-order valence-electron chi connectivity index (χ2n) is 6.67. The number of Topliss-reactive ketones (excluding diaryl/α,β-unsaturated/α-hetero) is 1. The Morgan fingerprint density at radius 1 is 1.13 bits per heavy atom. The highest BCUT2D eigenvalue weighted by atomic mass is 16.6. The molecule has 0 saturated carbocycles. The third-order valence-electron chi connectivity index (χ3n) is 5.00. The molecule has 0 radical (unpaired) electrons. The number of carbonyl (C=O) groups excluding carboxylic acids is 2. The van der Waals surface area contributed by atoms with Gasteiger partial charge in [0.05, 0.1) is 24.3 Å². The summed E-state index contributed by atoms with van der Waals surface area (Å²) in [6.07, 6.45) is 2.33. The number of benzene rings is 1. The van der Waals surface area contributed by atoms with Crippen LogP contribution in [0.3, 0.4) is 0 Å². The highest BCUT2D eigenvalue weighted by Gasteiger charge is 2.40. The van der Waals surface area contributed by atoms with Crippen molar-refractivity contribution < 1.29 is 24.0 Å². The van der Waals surface area contributed by atoms with Gasteiger partial charge in [-0.25, -0.2) is 0 Å². The first-order valence-electron chi connectivity index (χ1n) is 8.27. The lowest BCUT2D eigenvalue weighted by molar-refractivity contribution is -0.904. The minimum atomic E-state index is -0.443. The van der Waals surface area contributed by atoms with Crippen molar-refractivity contribution in [3.8, 4) is 11.5 Å². The highest BCUT2D eigenvalue weighted by Crippen LogP contribution is 2.40. The van der Waals surface area contributed by atoms with Crippen molar-refractivity contribution in [3.63, 3.8) is 0 Å². The van der Waals surface area contributed by atoms with Gasteiger partial charge in [0.1, 0.15) is 13.2 Å². The molecule has 0 atom stereocenters. The number of fused-ring (bicyclic) bond motifs is 2. The van der Waals surface area contributed by atoms with Gasteiger partial charge in [-0.3, -0.25) is 14.5 Å². The number of hydrogen-bond acceptors (Lipinski definition) is 4. The Balaban J connectivity index is 1.62. The second kappa shape index (κ2) is 5.53. The quantitative estimate of drug-likeness (QED) is 0.795. The van der Waals surface area contributed by atoms with Gasteiger partial charge < -0.3 is 14.4 Å².